The lowest BCUT2D eigenvalue weighted by atomic mass is 9.94. The number of nitrogens with one attached hydrogen (secondary N) is 2. The van der Waals surface area contributed by atoms with Crippen molar-refractivity contribution in [3.8, 4) is 33.8 Å². The van der Waals surface area contributed by atoms with E-state index in [0.29, 0.717) is 35.0 Å². The summed E-state index contributed by atoms with van der Waals surface area (Å²) in [5.41, 5.74) is 6.15. The van der Waals surface area contributed by atoms with Crippen LogP contribution in [0.5, 0.6) is 11.5 Å². The van der Waals surface area contributed by atoms with Gasteiger partial charge in [0.2, 0.25) is 3.79 Å². The minimum atomic E-state index is -4.35. The first-order valence-corrected chi connectivity index (χ1v) is 21.1. The van der Waals surface area contributed by atoms with Gasteiger partial charge in [0.05, 0.1) is 22.8 Å². The number of anilines is 1. The molecular weight excluding hydrogens is 831 g/mol. The first-order valence-electron chi connectivity index (χ1n) is 17.2. The SMILES string of the molecule is Cc1cccc(-c2ccc(Oc3cc(F)c(S(=O)(=O)Nc4cscn4)cc3Cl)c(-c3ccnc(CN(CCC4CCNCC4)C(=O)OCC(Cl)(Cl)Cl)c3)c2)c1. The van der Waals surface area contributed by atoms with Crippen LogP contribution in [0, 0.1) is 18.7 Å². The van der Waals surface area contributed by atoms with E-state index < -0.39 is 37.2 Å². The van der Waals surface area contributed by atoms with Crippen LogP contribution < -0.4 is 14.8 Å². The molecule has 17 heteroatoms. The number of aromatic nitrogens is 2. The molecule has 1 saturated heterocycles. The third-order valence-electron chi connectivity index (χ3n) is 8.86. The van der Waals surface area contributed by atoms with Gasteiger partial charge in [-0.15, -0.1) is 11.3 Å². The summed E-state index contributed by atoms with van der Waals surface area (Å²) in [6.07, 6.45) is 3.75. The lowest BCUT2D eigenvalue weighted by Gasteiger charge is -2.27. The molecule has 0 spiro atoms. The highest BCUT2D eigenvalue weighted by Crippen LogP contribution is 2.40. The van der Waals surface area contributed by atoms with Gasteiger partial charge in [0.25, 0.3) is 10.0 Å². The maximum atomic E-state index is 15.5. The molecule has 3 aromatic carbocycles. The average Bonchev–Trinajstić information content (AvgIpc) is 3.66. The Labute approximate surface area is 343 Å². The molecule has 1 fully saturated rings. The number of aryl methyl sites for hydroxylation is 1. The Morgan fingerprint density at radius 3 is 2.53 bits per heavy atom. The van der Waals surface area contributed by atoms with E-state index in [-0.39, 0.29) is 23.1 Å². The number of hydrogen-bond donors (Lipinski definition) is 2. The highest BCUT2D eigenvalue weighted by Gasteiger charge is 2.27. The van der Waals surface area contributed by atoms with E-state index in [0.717, 1.165) is 61.2 Å². The standard InChI is InChI=1S/C38H36Cl4FN5O5S2/c1-24-3-2-4-26(15-24)27-5-6-33(53-34-19-32(43)35(18-31(34)39)55(50,51)47-36-21-54-23-46-36)30(17-27)28-9-13-45-29(16-28)20-48(37(49)52-22-38(40,41)42)14-10-25-7-11-44-12-8-25/h2-6,9,13,15-19,21,23,25,44,47H,7-8,10-12,14,20,22H2,1H3. The molecule has 2 aromatic heterocycles. The highest BCUT2D eigenvalue weighted by molar-refractivity contribution is 7.92. The molecule has 0 bridgehead atoms. The van der Waals surface area contributed by atoms with Crippen LogP contribution in [0.1, 0.15) is 30.5 Å². The Morgan fingerprint density at radius 1 is 1.02 bits per heavy atom. The average molecular weight is 868 g/mol. The summed E-state index contributed by atoms with van der Waals surface area (Å²) in [5, 5.41) is 4.70. The molecule has 10 nitrogen and oxygen atoms in total. The number of hydrogen-bond acceptors (Lipinski definition) is 9. The zero-order chi connectivity index (χ0) is 39.2. The van der Waals surface area contributed by atoms with Crippen molar-refractivity contribution in [2.75, 3.05) is 31.0 Å². The molecular formula is C38H36Cl4FN5O5S2. The van der Waals surface area contributed by atoms with Crippen molar-refractivity contribution < 1.29 is 27.1 Å². The van der Waals surface area contributed by atoms with E-state index >= 15 is 4.39 Å². The molecule has 0 saturated carbocycles. The van der Waals surface area contributed by atoms with Crippen molar-refractivity contribution in [2.24, 2.45) is 5.92 Å². The van der Waals surface area contributed by atoms with E-state index in [1.54, 1.807) is 23.2 Å². The quantitative estimate of drug-likeness (QED) is 0.112. The molecule has 55 heavy (non-hydrogen) atoms. The van der Waals surface area contributed by atoms with Crippen molar-refractivity contribution in [1.82, 2.24) is 20.2 Å². The summed E-state index contributed by atoms with van der Waals surface area (Å²) in [7, 11) is -4.35. The van der Waals surface area contributed by atoms with E-state index in [9.17, 15) is 13.2 Å². The molecule has 3 heterocycles. The summed E-state index contributed by atoms with van der Waals surface area (Å²) >= 11 is 25.4. The van der Waals surface area contributed by atoms with Crippen LogP contribution in [0.15, 0.2) is 88.7 Å². The van der Waals surface area contributed by atoms with Crippen molar-refractivity contribution in [1.29, 1.82) is 0 Å². The third-order valence-corrected chi connectivity index (χ3v) is 11.4. The molecule has 290 valence electrons. The van der Waals surface area contributed by atoms with Crippen LogP contribution >= 0.6 is 57.7 Å². The fraction of sp³-hybridized carbons (Fsp3) is 0.289. The monoisotopic (exact) mass is 865 g/mol. The van der Waals surface area contributed by atoms with Crippen LogP contribution in [0.4, 0.5) is 15.0 Å². The number of benzene rings is 3. The van der Waals surface area contributed by atoms with Gasteiger partial charge in [-0.05, 0) is 92.2 Å². The first-order chi connectivity index (χ1) is 26.2. The summed E-state index contributed by atoms with van der Waals surface area (Å²) < 4.78 is 53.6. The number of thiazole rings is 1. The largest absolute Gasteiger partial charge is 0.455 e. The second kappa shape index (κ2) is 18.1. The maximum absolute atomic E-state index is 15.5. The molecule has 0 radical (unpaired) electrons. The van der Waals surface area contributed by atoms with Gasteiger partial charge in [0, 0.05) is 29.8 Å². The number of amides is 1. The minimum Gasteiger partial charge on any atom is -0.455 e. The Morgan fingerprint density at radius 2 is 1.80 bits per heavy atom. The van der Waals surface area contributed by atoms with Crippen molar-refractivity contribution in [3.05, 3.63) is 106 Å². The molecule has 5 aromatic rings. The minimum absolute atomic E-state index is 0.0560. The van der Waals surface area contributed by atoms with Gasteiger partial charge < -0.3 is 19.7 Å². The number of ether oxygens (including phenoxy) is 2. The van der Waals surface area contributed by atoms with Gasteiger partial charge in [0.15, 0.2) is 5.82 Å². The number of alkyl halides is 3. The van der Waals surface area contributed by atoms with Crippen LogP contribution in [-0.2, 0) is 21.3 Å². The Bertz CT molecular complexity index is 2240. The van der Waals surface area contributed by atoms with Crippen LogP contribution in [0.3, 0.4) is 0 Å². The summed E-state index contributed by atoms with van der Waals surface area (Å²) in [6, 6.07) is 19.0. The number of carbonyl (C=O) groups is 1. The molecule has 2 N–H and O–H groups in total. The molecule has 0 aliphatic carbocycles. The fourth-order valence-corrected chi connectivity index (χ4v) is 8.20. The second-order valence-corrected chi connectivity index (χ2v) is 18.3. The lowest BCUT2D eigenvalue weighted by molar-refractivity contribution is 0.0975. The third kappa shape index (κ3) is 11.2. The number of halogens is 5. The van der Waals surface area contributed by atoms with Gasteiger partial charge in [-0.1, -0.05) is 82.3 Å². The normalized spacial score (nSPS) is 13.7. The van der Waals surface area contributed by atoms with E-state index in [4.69, 9.17) is 55.9 Å². The van der Waals surface area contributed by atoms with Gasteiger partial charge >= 0.3 is 6.09 Å². The highest BCUT2D eigenvalue weighted by atomic mass is 35.6. The molecule has 0 unspecified atom stereocenters. The number of rotatable bonds is 13. The first kappa shape index (κ1) is 41.0. The number of pyridine rings is 1. The van der Waals surface area contributed by atoms with E-state index in [1.807, 2.05) is 49.4 Å². The topological polar surface area (TPSA) is 123 Å². The Balaban J connectivity index is 1.33. The smallest absolute Gasteiger partial charge is 0.410 e. The number of carbonyl (C=O) groups excluding carboxylic acids is 1. The van der Waals surface area contributed by atoms with Gasteiger partial charge in [-0.25, -0.2) is 22.6 Å². The van der Waals surface area contributed by atoms with Crippen LogP contribution in [0.2, 0.25) is 5.02 Å². The molecule has 0 atom stereocenters. The Hall–Kier alpha value is -3.69. The fourth-order valence-electron chi connectivity index (χ4n) is 6.12. The van der Waals surface area contributed by atoms with Crippen molar-refractivity contribution in [3.63, 3.8) is 0 Å². The van der Waals surface area contributed by atoms with Gasteiger partial charge in [-0.2, -0.15) is 0 Å². The van der Waals surface area contributed by atoms with E-state index in [1.165, 1.54) is 22.2 Å². The molecule has 6 rings (SSSR count). The summed E-state index contributed by atoms with van der Waals surface area (Å²) in [5.74, 6) is -0.381. The van der Waals surface area contributed by atoms with Gasteiger partial charge in [0.1, 0.15) is 28.8 Å². The molecule has 1 amide bonds. The maximum Gasteiger partial charge on any atom is 0.410 e. The van der Waals surface area contributed by atoms with Crippen molar-refractivity contribution >= 4 is 79.7 Å². The van der Waals surface area contributed by atoms with Crippen LogP contribution in [0.25, 0.3) is 22.3 Å². The number of nitrogens with zero attached hydrogens (tertiary/aromatic N) is 3. The summed E-state index contributed by atoms with van der Waals surface area (Å²) in [6.45, 7) is 3.93. The number of piperidine rings is 1. The predicted molar refractivity (Wildman–Crippen MR) is 217 cm³/mol. The lowest BCUT2D eigenvalue weighted by Crippen LogP contribution is -2.36. The van der Waals surface area contributed by atoms with Crippen LogP contribution in [-0.4, -0.2) is 59.4 Å². The second-order valence-electron chi connectivity index (χ2n) is 13.0. The van der Waals surface area contributed by atoms with Crippen molar-refractivity contribution in [2.45, 2.75) is 41.4 Å². The van der Waals surface area contributed by atoms with Gasteiger partial charge in [-0.3, -0.25) is 9.71 Å². The zero-order valence-electron chi connectivity index (χ0n) is 29.4. The zero-order valence-corrected chi connectivity index (χ0v) is 34.1. The van der Waals surface area contributed by atoms with E-state index in [2.05, 4.69) is 20.0 Å². The molecule has 1 aliphatic rings. The number of sulfonamides is 1. The molecule has 1 aliphatic heterocycles. The summed E-state index contributed by atoms with van der Waals surface area (Å²) in [4.78, 5) is 22.7. The Kier molecular flexibility index (Phi) is 13.4. The predicted octanol–water partition coefficient (Wildman–Crippen LogP) is 10.3.